The van der Waals surface area contributed by atoms with Crippen molar-refractivity contribution in [2.24, 2.45) is 5.92 Å². The maximum Gasteiger partial charge on any atom is 0.251 e. The lowest BCUT2D eigenvalue weighted by atomic mass is 9.82. The Balaban J connectivity index is 2.13. The molecule has 0 saturated heterocycles. The maximum atomic E-state index is 12.8. The number of hydrogen-bond acceptors (Lipinski definition) is 3. The number of ether oxygens (including phenoxy) is 1. The number of aryl methyl sites for hydroxylation is 1. The molecular weight excluding hydrogens is 364 g/mol. The lowest BCUT2D eigenvalue weighted by molar-refractivity contribution is -0.136. The summed E-state index contributed by atoms with van der Waals surface area (Å²) < 4.78 is 5.98. The summed E-state index contributed by atoms with van der Waals surface area (Å²) in [7, 11) is 1.82. The summed E-state index contributed by atoms with van der Waals surface area (Å²) in [5.74, 6) is -0.111. The zero-order valence-corrected chi connectivity index (χ0v) is 17.5. The second kappa shape index (κ2) is 10.1. The Labute approximate surface area is 167 Å². The van der Waals surface area contributed by atoms with Gasteiger partial charge in [0.2, 0.25) is 5.91 Å². The van der Waals surface area contributed by atoms with E-state index in [1.807, 2.05) is 33.0 Å². The Morgan fingerprint density at radius 3 is 2.63 bits per heavy atom. The van der Waals surface area contributed by atoms with Gasteiger partial charge in [-0.15, -0.1) is 0 Å². The van der Waals surface area contributed by atoms with E-state index in [2.05, 4.69) is 12.2 Å². The Morgan fingerprint density at radius 2 is 2.00 bits per heavy atom. The third-order valence-electron chi connectivity index (χ3n) is 5.14. The van der Waals surface area contributed by atoms with Crippen LogP contribution in [-0.4, -0.2) is 49.1 Å². The fourth-order valence-corrected chi connectivity index (χ4v) is 3.86. The Kier molecular flexibility index (Phi) is 8.11. The van der Waals surface area contributed by atoms with E-state index in [9.17, 15) is 9.59 Å². The largest absolute Gasteiger partial charge is 0.376 e. The highest BCUT2D eigenvalue weighted by Crippen LogP contribution is 2.29. The van der Waals surface area contributed by atoms with Crippen LogP contribution in [0.1, 0.15) is 55.5 Å². The topological polar surface area (TPSA) is 58.6 Å². The molecule has 0 aliphatic heterocycles. The van der Waals surface area contributed by atoms with Gasteiger partial charge in [-0.1, -0.05) is 18.5 Å². The minimum absolute atomic E-state index is 0.0647. The third kappa shape index (κ3) is 5.94. The van der Waals surface area contributed by atoms with E-state index in [1.54, 1.807) is 11.0 Å². The summed E-state index contributed by atoms with van der Waals surface area (Å²) in [5, 5.41) is 3.64. The molecule has 5 nitrogen and oxygen atoms in total. The SMILES string of the molecule is CCCO[C@@H]1CC[C@H](C(=O)N(C)CC)C[C@H]1NC(=O)c1cc(C)cc(Cl)c1. The van der Waals surface area contributed by atoms with Crippen LogP contribution in [0.4, 0.5) is 0 Å². The van der Waals surface area contributed by atoms with Crippen molar-refractivity contribution in [2.75, 3.05) is 20.2 Å². The van der Waals surface area contributed by atoms with Crippen LogP contribution in [0, 0.1) is 12.8 Å². The number of hydrogen-bond donors (Lipinski definition) is 1. The van der Waals surface area contributed by atoms with Gasteiger partial charge in [0.1, 0.15) is 0 Å². The molecular formula is C21H31ClN2O3. The first-order valence-electron chi connectivity index (χ1n) is 9.80. The molecule has 0 radical (unpaired) electrons. The van der Waals surface area contributed by atoms with E-state index < -0.39 is 0 Å². The standard InChI is InChI=1S/C21H31ClN2O3/c1-5-9-27-19-8-7-15(21(26)24(4)6-2)13-18(19)23-20(25)16-10-14(3)11-17(22)12-16/h10-12,15,18-19H,5-9,13H2,1-4H3,(H,23,25)/t15-,18+,19+/m0/s1. The molecule has 1 aliphatic carbocycles. The molecule has 2 amide bonds. The molecule has 2 rings (SSSR count). The highest BCUT2D eigenvalue weighted by Gasteiger charge is 2.36. The van der Waals surface area contributed by atoms with E-state index in [0.29, 0.717) is 30.2 Å². The number of carbonyl (C=O) groups is 2. The van der Waals surface area contributed by atoms with Crippen molar-refractivity contribution < 1.29 is 14.3 Å². The quantitative estimate of drug-likeness (QED) is 0.764. The van der Waals surface area contributed by atoms with Gasteiger partial charge in [-0.25, -0.2) is 0 Å². The molecule has 1 saturated carbocycles. The highest BCUT2D eigenvalue weighted by atomic mass is 35.5. The second-order valence-electron chi connectivity index (χ2n) is 7.37. The average molecular weight is 395 g/mol. The van der Waals surface area contributed by atoms with Crippen molar-refractivity contribution >= 4 is 23.4 Å². The first-order chi connectivity index (χ1) is 12.8. The minimum Gasteiger partial charge on any atom is -0.376 e. The lowest BCUT2D eigenvalue weighted by Gasteiger charge is -2.37. The van der Waals surface area contributed by atoms with Crippen LogP contribution in [0.15, 0.2) is 18.2 Å². The summed E-state index contributed by atoms with van der Waals surface area (Å²) in [6.45, 7) is 7.28. The minimum atomic E-state index is -0.184. The smallest absolute Gasteiger partial charge is 0.251 e. The fraction of sp³-hybridized carbons (Fsp3) is 0.619. The van der Waals surface area contributed by atoms with Gasteiger partial charge in [-0.2, -0.15) is 0 Å². The predicted octanol–water partition coefficient (Wildman–Crippen LogP) is 3.82. The molecule has 1 aromatic carbocycles. The van der Waals surface area contributed by atoms with Crippen LogP contribution in [0.5, 0.6) is 0 Å². The van der Waals surface area contributed by atoms with Gasteiger partial charge >= 0.3 is 0 Å². The van der Waals surface area contributed by atoms with Gasteiger partial charge in [-0.3, -0.25) is 9.59 Å². The molecule has 1 aliphatic rings. The third-order valence-corrected chi connectivity index (χ3v) is 5.36. The average Bonchev–Trinajstić information content (AvgIpc) is 2.64. The molecule has 0 aromatic heterocycles. The van der Waals surface area contributed by atoms with Crippen LogP contribution in [-0.2, 0) is 9.53 Å². The van der Waals surface area contributed by atoms with E-state index in [1.165, 1.54) is 0 Å². The summed E-state index contributed by atoms with van der Waals surface area (Å²) in [6, 6.07) is 5.12. The molecule has 0 unspecified atom stereocenters. The van der Waals surface area contributed by atoms with Crippen LogP contribution in [0.3, 0.4) is 0 Å². The number of benzene rings is 1. The van der Waals surface area contributed by atoms with Crippen LogP contribution < -0.4 is 5.32 Å². The molecule has 3 atom stereocenters. The van der Waals surface area contributed by atoms with Crippen LogP contribution >= 0.6 is 11.6 Å². The summed E-state index contributed by atoms with van der Waals surface area (Å²) >= 11 is 6.09. The van der Waals surface area contributed by atoms with Gasteiger partial charge in [0, 0.05) is 36.7 Å². The van der Waals surface area contributed by atoms with Crippen molar-refractivity contribution in [3.05, 3.63) is 34.3 Å². The number of halogens is 1. The Bertz CT molecular complexity index is 645. The predicted molar refractivity (Wildman–Crippen MR) is 108 cm³/mol. The number of nitrogens with one attached hydrogen (secondary N) is 1. The van der Waals surface area contributed by atoms with Crippen molar-refractivity contribution in [3.63, 3.8) is 0 Å². The van der Waals surface area contributed by atoms with E-state index in [4.69, 9.17) is 16.3 Å². The molecule has 1 fully saturated rings. The molecule has 6 heteroatoms. The summed E-state index contributed by atoms with van der Waals surface area (Å²) in [5.41, 5.74) is 1.47. The number of rotatable bonds is 7. The molecule has 1 aromatic rings. The summed E-state index contributed by atoms with van der Waals surface area (Å²) in [4.78, 5) is 27.1. The zero-order chi connectivity index (χ0) is 20.0. The van der Waals surface area contributed by atoms with Gasteiger partial charge in [0.05, 0.1) is 12.1 Å². The Hall–Kier alpha value is -1.59. The van der Waals surface area contributed by atoms with E-state index in [-0.39, 0.29) is 29.9 Å². The van der Waals surface area contributed by atoms with Crippen molar-refractivity contribution in [1.82, 2.24) is 10.2 Å². The number of amides is 2. The Morgan fingerprint density at radius 1 is 1.26 bits per heavy atom. The molecule has 0 heterocycles. The molecule has 0 spiro atoms. The monoisotopic (exact) mass is 394 g/mol. The molecule has 0 bridgehead atoms. The number of nitrogens with zero attached hydrogens (tertiary/aromatic N) is 1. The van der Waals surface area contributed by atoms with Crippen molar-refractivity contribution in [1.29, 1.82) is 0 Å². The maximum absolute atomic E-state index is 12.8. The van der Waals surface area contributed by atoms with Gasteiger partial charge in [-0.05, 0) is 63.3 Å². The van der Waals surface area contributed by atoms with Gasteiger partial charge < -0.3 is 15.0 Å². The number of carbonyl (C=O) groups excluding carboxylic acids is 2. The first kappa shape index (κ1) is 21.7. The van der Waals surface area contributed by atoms with Gasteiger partial charge in [0.15, 0.2) is 0 Å². The normalized spacial score (nSPS) is 22.3. The van der Waals surface area contributed by atoms with Crippen molar-refractivity contribution in [3.8, 4) is 0 Å². The van der Waals surface area contributed by atoms with Crippen LogP contribution in [0.25, 0.3) is 0 Å². The fourth-order valence-electron chi connectivity index (χ4n) is 3.57. The van der Waals surface area contributed by atoms with E-state index in [0.717, 1.165) is 24.8 Å². The molecule has 1 N–H and O–H groups in total. The van der Waals surface area contributed by atoms with Crippen molar-refractivity contribution in [2.45, 2.75) is 58.6 Å². The second-order valence-corrected chi connectivity index (χ2v) is 7.81. The molecule has 150 valence electrons. The highest BCUT2D eigenvalue weighted by molar-refractivity contribution is 6.31. The van der Waals surface area contributed by atoms with Crippen LogP contribution in [0.2, 0.25) is 5.02 Å². The first-order valence-corrected chi connectivity index (χ1v) is 10.2. The summed E-state index contributed by atoms with van der Waals surface area (Å²) in [6.07, 6.45) is 3.02. The van der Waals surface area contributed by atoms with Gasteiger partial charge in [0.25, 0.3) is 5.91 Å². The lowest BCUT2D eigenvalue weighted by Crippen LogP contribution is -2.50. The van der Waals surface area contributed by atoms with E-state index >= 15 is 0 Å². The molecule has 27 heavy (non-hydrogen) atoms. The zero-order valence-electron chi connectivity index (χ0n) is 16.8.